The van der Waals surface area contributed by atoms with Crippen LogP contribution in [0, 0.1) is 23.7 Å². The van der Waals surface area contributed by atoms with E-state index in [1.165, 1.54) is 5.57 Å². The second kappa shape index (κ2) is 7.09. The van der Waals surface area contributed by atoms with Crippen LogP contribution in [0.15, 0.2) is 11.6 Å². The zero-order valence-corrected chi connectivity index (χ0v) is 12.8. The topological polar surface area (TPSA) is 46.5 Å². The summed E-state index contributed by atoms with van der Waals surface area (Å²) in [5.74, 6) is 0.0590. The molecule has 0 fully saturated rings. The summed E-state index contributed by atoms with van der Waals surface area (Å²) in [5.41, 5.74) is 1.31. The van der Waals surface area contributed by atoms with Crippen LogP contribution in [0.4, 0.5) is 0 Å². The van der Waals surface area contributed by atoms with Gasteiger partial charge in [-0.3, -0.25) is 4.79 Å². The maximum atomic E-state index is 12.0. The van der Waals surface area contributed by atoms with Crippen LogP contribution < -0.4 is 0 Å². The highest BCUT2D eigenvalue weighted by atomic mass is 16.5. The SMILES string of the molecule is CCOC(=O)C(C(C)C)C(O)C1CC(C)=CC(C)C1. The van der Waals surface area contributed by atoms with Crippen molar-refractivity contribution < 1.29 is 14.6 Å². The van der Waals surface area contributed by atoms with Crippen LogP contribution >= 0.6 is 0 Å². The molecule has 0 amide bonds. The molecule has 4 atom stereocenters. The molecular weight excluding hydrogens is 240 g/mol. The van der Waals surface area contributed by atoms with E-state index in [9.17, 15) is 9.90 Å². The van der Waals surface area contributed by atoms with Gasteiger partial charge in [-0.2, -0.15) is 0 Å². The van der Waals surface area contributed by atoms with Gasteiger partial charge in [0, 0.05) is 0 Å². The molecule has 1 aliphatic rings. The number of carbonyl (C=O) groups is 1. The van der Waals surface area contributed by atoms with Crippen LogP contribution in [0.1, 0.15) is 47.5 Å². The Kier molecular flexibility index (Phi) is 6.05. The van der Waals surface area contributed by atoms with Crippen LogP contribution in [0.3, 0.4) is 0 Å². The highest BCUT2D eigenvalue weighted by molar-refractivity contribution is 5.73. The number of allylic oxidation sites excluding steroid dienone is 2. The third-order valence-electron chi connectivity index (χ3n) is 3.96. The smallest absolute Gasteiger partial charge is 0.311 e. The molecule has 3 nitrogen and oxygen atoms in total. The van der Waals surface area contributed by atoms with Crippen molar-refractivity contribution >= 4 is 5.97 Å². The second-order valence-electron chi connectivity index (χ2n) is 6.20. The molecule has 0 aromatic rings. The summed E-state index contributed by atoms with van der Waals surface area (Å²) in [6, 6.07) is 0. The summed E-state index contributed by atoms with van der Waals surface area (Å²) < 4.78 is 5.12. The molecule has 1 N–H and O–H groups in total. The van der Waals surface area contributed by atoms with Crippen molar-refractivity contribution in [2.75, 3.05) is 6.61 Å². The van der Waals surface area contributed by atoms with Gasteiger partial charge >= 0.3 is 5.97 Å². The lowest BCUT2D eigenvalue weighted by Crippen LogP contribution is -2.40. The third kappa shape index (κ3) is 4.34. The average Bonchev–Trinajstić information content (AvgIpc) is 2.27. The van der Waals surface area contributed by atoms with Crippen molar-refractivity contribution in [2.24, 2.45) is 23.7 Å². The first-order chi connectivity index (χ1) is 8.86. The Balaban J connectivity index is 2.80. The minimum atomic E-state index is -0.606. The van der Waals surface area contributed by atoms with Gasteiger partial charge in [-0.25, -0.2) is 0 Å². The van der Waals surface area contributed by atoms with Crippen LogP contribution in [0.2, 0.25) is 0 Å². The maximum Gasteiger partial charge on any atom is 0.311 e. The fraction of sp³-hybridized carbons (Fsp3) is 0.812. The minimum Gasteiger partial charge on any atom is -0.466 e. The van der Waals surface area contributed by atoms with E-state index >= 15 is 0 Å². The maximum absolute atomic E-state index is 12.0. The molecule has 0 spiro atoms. The molecule has 0 radical (unpaired) electrons. The zero-order valence-electron chi connectivity index (χ0n) is 12.8. The molecule has 1 rings (SSSR count). The minimum absolute atomic E-state index is 0.0931. The predicted octanol–water partition coefficient (Wildman–Crippen LogP) is 3.18. The van der Waals surface area contributed by atoms with Gasteiger partial charge in [0.1, 0.15) is 0 Å². The number of aliphatic hydroxyl groups is 1. The summed E-state index contributed by atoms with van der Waals surface area (Å²) in [6.07, 6.45) is 3.48. The molecule has 110 valence electrons. The molecule has 19 heavy (non-hydrogen) atoms. The van der Waals surface area contributed by atoms with Gasteiger partial charge < -0.3 is 9.84 Å². The monoisotopic (exact) mass is 268 g/mol. The quantitative estimate of drug-likeness (QED) is 0.615. The van der Waals surface area contributed by atoms with Gasteiger partial charge in [-0.05, 0) is 44.4 Å². The van der Waals surface area contributed by atoms with E-state index in [-0.39, 0.29) is 17.8 Å². The molecule has 0 saturated carbocycles. The van der Waals surface area contributed by atoms with Crippen molar-refractivity contribution in [2.45, 2.75) is 53.6 Å². The van der Waals surface area contributed by atoms with Crippen LogP contribution in [0.25, 0.3) is 0 Å². The number of esters is 1. The first-order valence-electron chi connectivity index (χ1n) is 7.38. The van der Waals surface area contributed by atoms with E-state index < -0.39 is 12.0 Å². The predicted molar refractivity (Wildman–Crippen MR) is 76.6 cm³/mol. The van der Waals surface area contributed by atoms with Gasteiger partial charge in [0.15, 0.2) is 0 Å². The lowest BCUT2D eigenvalue weighted by atomic mass is 9.74. The molecule has 0 heterocycles. The van der Waals surface area contributed by atoms with Crippen molar-refractivity contribution in [1.29, 1.82) is 0 Å². The van der Waals surface area contributed by atoms with E-state index in [4.69, 9.17) is 4.74 Å². The average molecular weight is 268 g/mol. The number of ether oxygens (including phenoxy) is 1. The normalized spacial score (nSPS) is 26.8. The largest absolute Gasteiger partial charge is 0.466 e. The Morgan fingerprint density at radius 1 is 1.53 bits per heavy atom. The Labute approximate surface area is 117 Å². The molecule has 0 aromatic heterocycles. The molecule has 0 bridgehead atoms. The van der Waals surface area contributed by atoms with Gasteiger partial charge in [0.25, 0.3) is 0 Å². The van der Waals surface area contributed by atoms with E-state index in [1.54, 1.807) is 6.92 Å². The van der Waals surface area contributed by atoms with Crippen molar-refractivity contribution in [3.63, 3.8) is 0 Å². The van der Waals surface area contributed by atoms with Crippen molar-refractivity contribution in [1.82, 2.24) is 0 Å². The fourth-order valence-electron chi connectivity index (χ4n) is 3.19. The van der Waals surface area contributed by atoms with Crippen molar-refractivity contribution in [3.05, 3.63) is 11.6 Å². The number of hydrogen-bond donors (Lipinski definition) is 1. The van der Waals surface area contributed by atoms with Gasteiger partial charge in [0.05, 0.1) is 18.6 Å². The second-order valence-corrected chi connectivity index (χ2v) is 6.20. The first kappa shape index (κ1) is 16.2. The van der Waals surface area contributed by atoms with E-state index in [2.05, 4.69) is 19.9 Å². The highest BCUT2D eigenvalue weighted by Crippen LogP contribution is 2.34. The Morgan fingerprint density at radius 2 is 2.16 bits per heavy atom. The van der Waals surface area contributed by atoms with E-state index in [0.29, 0.717) is 12.5 Å². The lowest BCUT2D eigenvalue weighted by molar-refractivity contribution is -0.156. The van der Waals surface area contributed by atoms with Crippen LogP contribution in [-0.4, -0.2) is 23.8 Å². The summed E-state index contributed by atoms with van der Waals surface area (Å²) in [7, 11) is 0. The first-order valence-corrected chi connectivity index (χ1v) is 7.38. The van der Waals surface area contributed by atoms with Crippen LogP contribution in [-0.2, 0) is 9.53 Å². The number of aliphatic hydroxyl groups excluding tert-OH is 1. The van der Waals surface area contributed by atoms with Gasteiger partial charge in [-0.15, -0.1) is 0 Å². The Bertz CT molecular complexity index is 333. The summed E-state index contributed by atoms with van der Waals surface area (Å²) in [4.78, 5) is 12.0. The lowest BCUT2D eigenvalue weighted by Gasteiger charge is -2.34. The summed E-state index contributed by atoms with van der Waals surface area (Å²) in [6.45, 7) is 10.4. The Hall–Kier alpha value is -0.830. The number of rotatable bonds is 5. The van der Waals surface area contributed by atoms with E-state index in [1.807, 2.05) is 13.8 Å². The zero-order chi connectivity index (χ0) is 14.6. The highest BCUT2D eigenvalue weighted by Gasteiger charge is 2.37. The number of carbonyl (C=O) groups excluding carboxylic acids is 1. The molecular formula is C16H28O3. The molecule has 4 unspecified atom stereocenters. The summed E-state index contributed by atoms with van der Waals surface area (Å²) >= 11 is 0. The standard InChI is InChI=1S/C16H28O3/c1-6-19-16(18)14(10(2)3)15(17)13-8-11(4)7-12(5)9-13/h7,10-11,13-15,17H,6,8-9H2,1-5H3. The van der Waals surface area contributed by atoms with Gasteiger partial charge in [0.2, 0.25) is 0 Å². The van der Waals surface area contributed by atoms with Gasteiger partial charge in [-0.1, -0.05) is 32.4 Å². The molecule has 1 aliphatic carbocycles. The number of hydrogen-bond acceptors (Lipinski definition) is 3. The fourth-order valence-corrected chi connectivity index (χ4v) is 3.19. The molecule has 0 aromatic carbocycles. The van der Waals surface area contributed by atoms with E-state index in [0.717, 1.165) is 12.8 Å². The third-order valence-corrected chi connectivity index (χ3v) is 3.96. The molecule has 3 heteroatoms. The Morgan fingerprint density at radius 3 is 2.63 bits per heavy atom. The summed E-state index contributed by atoms with van der Waals surface area (Å²) in [5, 5.41) is 10.6. The molecule has 0 aliphatic heterocycles. The van der Waals surface area contributed by atoms with Crippen LogP contribution in [0.5, 0.6) is 0 Å². The molecule has 0 saturated heterocycles. The van der Waals surface area contributed by atoms with Crippen molar-refractivity contribution in [3.8, 4) is 0 Å².